The lowest BCUT2D eigenvalue weighted by Crippen LogP contribution is -2.38. The third kappa shape index (κ3) is 10.8. The summed E-state index contributed by atoms with van der Waals surface area (Å²) in [4.78, 5) is 0. The molecule has 0 radical (unpaired) electrons. The van der Waals surface area contributed by atoms with Crippen LogP contribution in [-0.4, -0.2) is 29.1 Å². The smallest absolute Gasteiger partial charge is 0.105 e. The quantitative estimate of drug-likeness (QED) is 0.130. The van der Waals surface area contributed by atoms with E-state index in [1.165, 1.54) is 204 Å². The van der Waals surface area contributed by atoms with E-state index in [1.807, 2.05) is 0 Å². The first-order chi connectivity index (χ1) is 30.5. The number of halogens is 2. The molecular weight excluding hydrogens is 827 g/mol. The SMILES string of the molecule is CCCCCCC1NC(=C2C(c3c(C)cc(C)cc3C)=C(Cl)C=CC2(C(Cl)=C2CCCCC2P(C2CCCCC2)C2CCCCC2)c2c(C)cc(C)cc2C)NC1CCCCCC. The Hall–Kier alpha value is -1.99. The average molecular weight is 912 g/mol. The molecule has 4 atom stereocenters. The molecule has 4 unspecified atom stereocenters. The van der Waals surface area contributed by atoms with Crippen LogP contribution in [0.25, 0.3) is 5.57 Å². The molecule has 2 nitrogen and oxygen atoms in total. The molecule has 0 aromatic heterocycles. The van der Waals surface area contributed by atoms with E-state index >= 15 is 0 Å². The first kappa shape index (κ1) is 48.9. The Balaban J connectivity index is 1.52. The number of hydrogen-bond donors (Lipinski definition) is 2. The summed E-state index contributed by atoms with van der Waals surface area (Å²) in [5.74, 6) is 1.17. The van der Waals surface area contributed by atoms with Crippen molar-refractivity contribution in [3.8, 4) is 0 Å². The van der Waals surface area contributed by atoms with Crippen molar-refractivity contribution < 1.29 is 0 Å². The van der Waals surface area contributed by atoms with E-state index in [0.29, 0.717) is 17.7 Å². The van der Waals surface area contributed by atoms with Crippen molar-refractivity contribution in [3.63, 3.8) is 0 Å². The fourth-order valence-corrected chi connectivity index (χ4v) is 18.9. The summed E-state index contributed by atoms with van der Waals surface area (Å²) in [7, 11) is -0.209. The zero-order valence-corrected chi connectivity index (χ0v) is 43.4. The maximum Gasteiger partial charge on any atom is 0.105 e. The van der Waals surface area contributed by atoms with Crippen molar-refractivity contribution in [1.29, 1.82) is 0 Å². The molecule has 0 bridgehead atoms. The molecule has 0 spiro atoms. The number of benzene rings is 2. The van der Waals surface area contributed by atoms with Crippen molar-refractivity contribution in [2.75, 3.05) is 0 Å². The highest BCUT2D eigenvalue weighted by molar-refractivity contribution is 7.60. The number of aryl methyl sites for hydroxylation is 6. The molecule has 7 rings (SSSR count). The number of nitrogens with one attached hydrogen (secondary N) is 2. The number of rotatable bonds is 16. The highest BCUT2D eigenvalue weighted by Crippen LogP contribution is 2.65. The zero-order valence-electron chi connectivity index (χ0n) is 41.0. The van der Waals surface area contributed by atoms with Gasteiger partial charge in [0.2, 0.25) is 0 Å². The lowest BCUT2D eigenvalue weighted by atomic mass is 9.63. The first-order valence-corrected chi connectivity index (χ1v) is 28.5. The summed E-state index contributed by atoms with van der Waals surface area (Å²) in [6.45, 7) is 18.5. The molecule has 2 N–H and O–H groups in total. The van der Waals surface area contributed by atoms with Crippen LogP contribution in [0.15, 0.2) is 63.4 Å². The van der Waals surface area contributed by atoms with E-state index in [1.54, 1.807) is 5.57 Å². The van der Waals surface area contributed by atoms with Crippen molar-refractivity contribution >= 4 is 36.7 Å². The molecule has 1 aliphatic heterocycles. The third-order valence-electron chi connectivity index (χ3n) is 16.1. The molecule has 5 heteroatoms. The van der Waals surface area contributed by atoms with Crippen LogP contribution < -0.4 is 10.6 Å². The van der Waals surface area contributed by atoms with Crippen molar-refractivity contribution in [3.05, 3.63) is 108 Å². The number of hydrogen-bond acceptors (Lipinski definition) is 2. The van der Waals surface area contributed by atoms with Crippen LogP contribution >= 0.6 is 31.1 Å². The van der Waals surface area contributed by atoms with Gasteiger partial charge in [0.25, 0.3) is 0 Å². The number of unbranched alkanes of at least 4 members (excludes halogenated alkanes) is 6. The fraction of sp³-hybridized carbons (Fsp3) is 0.655. The Bertz CT molecular complexity index is 1920. The Morgan fingerprint density at radius 2 is 1.13 bits per heavy atom. The Labute approximate surface area is 397 Å². The fourth-order valence-electron chi connectivity index (χ4n) is 13.4. The van der Waals surface area contributed by atoms with Crippen LogP contribution in [-0.2, 0) is 5.41 Å². The summed E-state index contributed by atoms with van der Waals surface area (Å²) in [5, 5.41) is 10.6. The largest absolute Gasteiger partial charge is 0.367 e. The van der Waals surface area contributed by atoms with Gasteiger partial charge < -0.3 is 10.6 Å². The summed E-state index contributed by atoms with van der Waals surface area (Å²) in [5.41, 5.74) is 16.1. The predicted octanol–water partition coefficient (Wildman–Crippen LogP) is 17.7. The van der Waals surface area contributed by atoms with Gasteiger partial charge in [0.15, 0.2) is 0 Å². The summed E-state index contributed by atoms with van der Waals surface area (Å²) < 4.78 is 0. The molecule has 346 valence electrons. The highest BCUT2D eigenvalue weighted by Gasteiger charge is 2.50. The van der Waals surface area contributed by atoms with Gasteiger partial charge in [-0.25, -0.2) is 0 Å². The Morgan fingerprint density at radius 1 is 0.635 bits per heavy atom. The maximum absolute atomic E-state index is 8.80. The van der Waals surface area contributed by atoms with E-state index in [9.17, 15) is 0 Å². The van der Waals surface area contributed by atoms with Crippen LogP contribution in [0.4, 0.5) is 0 Å². The summed E-state index contributed by atoms with van der Waals surface area (Å²) >= 11 is 16.6. The van der Waals surface area contributed by atoms with Crippen LogP contribution in [0.2, 0.25) is 0 Å². The molecule has 3 saturated carbocycles. The van der Waals surface area contributed by atoms with Gasteiger partial charge in [-0.05, 0) is 156 Å². The summed E-state index contributed by atoms with van der Waals surface area (Å²) in [6.07, 6.45) is 36.5. The summed E-state index contributed by atoms with van der Waals surface area (Å²) in [6, 6.07) is 10.3. The van der Waals surface area contributed by atoms with Gasteiger partial charge in [0, 0.05) is 39.0 Å². The lowest BCUT2D eigenvalue weighted by Gasteiger charge is -2.48. The second-order valence-corrected chi connectivity index (χ2v) is 24.8. The van der Waals surface area contributed by atoms with Crippen LogP contribution in [0.1, 0.15) is 212 Å². The van der Waals surface area contributed by atoms with Crippen molar-refractivity contribution in [2.45, 2.75) is 244 Å². The second kappa shape index (κ2) is 22.7. The van der Waals surface area contributed by atoms with Crippen molar-refractivity contribution in [2.24, 2.45) is 0 Å². The van der Waals surface area contributed by atoms with Crippen molar-refractivity contribution in [1.82, 2.24) is 10.6 Å². The van der Waals surface area contributed by atoms with Gasteiger partial charge in [0.05, 0.1) is 5.41 Å². The van der Waals surface area contributed by atoms with Gasteiger partial charge in [-0.1, -0.05) is 183 Å². The minimum atomic E-state index is -0.717. The first-order valence-electron chi connectivity index (χ1n) is 26.2. The highest BCUT2D eigenvalue weighted by atomic mass is 35.5. The molecular formula is C58H85Cl2N2P. The Morgan fingerprint density at radius 3 is 1.63 bits per heavy atom. The minimum absolute atomic E-state index is 0.209. The van der Waals surface area contributed by atoms with E-state index in [0.717, 1.165) is 33.4 Å². The second-order valence-electron chi connectivity index (χ2n) is 21.0. The predicted molar refractivity (Wildman–Crippen MR) is 279 cm³/mol. The molecule has 2 aromatic rings. The molecule has 2 aromatic carbocycles. The molecule has 1 saturated heterocycles. The lowest BCUT2D eigenvalue weighted by molar-refractivity contribution is 0.421. The van der Waals surface area contributed by atoms with Gasteiger partial charge >= 0.3 is 0 Å². The van der Waals surface area contributed by atoms with Crippen LogP contribution in [0.5, 0.6) is 0 Å². The molecule has 4 fully saturated rings. The average Bonchev–Trinajstić information content (AvgIpc) is 3.67. The topological polar surface area (TPSA) is 24.1 Å². The van der Waals surface area contributed by atoms with E-state index in [-0.39, 0.29) is 7.92 Å². The van der Waals surface area contributed by atoms with E-state index in [4.69, 9.17) is 23.2 Å². The molecule has 1 heterocycles. The molecule has 4 aliphatic carbocycles. The zero-order chi connectivity index (χ0) is 44.7. The molecule has 0 amide bonds. The van der Waals surface area contributed by atoms with E-state index < -0.39 is 5.41 Å². The Kier molecular flexibility index (Phi) is 17.6. The molecule has 63 heavy (non-hydrogen) atoms. The minimum Gasteiger partial charge on any atom is -0.367 e. The van der Waals surface area contributed by atoms with Crippen LogP contribution in [0.3, 0.4) is 0 Å². The van der Waals surface area contributed by atoms with Gasteiger partial charge in [0.1, 0.15) is 5.82 Å². The molecule has 5 aliphatic rings. The normalized spacial score (nSPS) is 25.9. The standard InChI is InChI=1S/C58H85Cl2N2P/c1-9-11-13-21-30-49-50(31-22-14-12-10-2)62-57(61-49)55-53(52-41(5)35-39(3)36-42(52)6)48(59)33-34-58(55,54-43(7)37-40(4)38-44(54)8)56(60)47-29-23-24-32-51(47)63(45-25-17-15-18-26-45)46-27-19-16-20-28-46/h33-38,45-46,49-51,61-62H,9-32H2,1-8H3. The van der Waals surface area contributed by atoms with Gasteiger partial charge in [-0.2, -0.15) is 0 Å². The van der Waals surface area contributed by atoms with E-state index in [2.05, 4.69) is 102 Å². The van der Waals surface area contributed by atoms with Gasteiger partial charge in [-0.3, -0.25) is 0 Å². The number of allylic oxidation sites excluding steroid dienone is 7. The van der Waals surface area contributed by atoms with Gasteiger partial charge in [-0.15, -0.1) is 0 Å². The maximum atomic E-state index is 8.80. The monoisotopic (exact) mass is 911 g/mol. The third-order valence-corrected chi connectivity index (χ3v) is 20.9. The van der Waals surface area contributed by atoms with Crippen LogP contribution in [0, 0.1) is 41.5 Å².